The molecule has 7 heteroatoms. The fourth-order valence-corrected chi connectivity index (χ4v) is 3.44. The first-order valence-corrected chi connectivity index (χ1v) is 9.81. The summed E-state index contributed by atoms with van der Waals surface area (Å²) in [5.74, 6) is 0.898. The zero-order chi connectivity index (χ0) is 19.6. The Kier molecular flexibility index (Phi) is 5.41. The highest BCUT2D eigenvalue weighted by Gasteiger charge is 2.20. The molecule has 0 saturated heterocycles. The summed E-state index contributed by atoms with van der Waals surface area (Å²) in [5, 5.41) is 8.22. The van der Waals surface area contributed by atoms with Gasteiger partial charge in [-0.3, -0.25) is 14.0 Å². The summed E-state index contributed by atoms with van der Waals surface area (Å²) in [4.78, 5) is 16.8. The molecule has 1 aromatic carbocycles. The first-order chi connectivity index (χ1) is 12.8. The van der Waals surface area contributed by atoms with Gasteiger partial charge in [0.05, 0.1) is 17.1 Å². The van der Waals surface area contributed by atoms with Gasteiger partial charge in [-0.2, -0.15) is 5.10 Å². The van der Waals surface area contributed by atoms with Crippen molar-refractivity contribution in [1.29, 1.82) is 0 Å². The largest absolute Gasteiger partial charge is 0.310 e. The first kappa shape index (κ1) is 19.2. The zero-order valence-electron chi connectivity index (χ0n) is 16.4. The van der Waals surface area contributed by atoms with Crippen molar-refractivity contribution in [3.63, 3.8) is 0 Å². The average Bonchev–Trinajstić information content (AvgIpc) is 3.20. The molecule has 6 nitrogen and oxygen atoms in total. The highest BCUT2D eigenvalue weighted by atomic mass is 32.2. The van der Waals surface area contributed by atoms with Gasteiger partial charge in [-0.05, 0) is 18.6 Å². The van der Waals surface area contributed by atoms with E-state index in [1.54, 1.807) is 10.9 Å². The van der Waals surface area contributed by atoms with Crippen LogP contribution in [0.4, 0.5) is 5.82 Å². The van der Waals surface area contributed by atoms with Gasteiger partial charge in [0, 0.05) is 30.9 Å². The van der Waals surface area contributed by atoms with Crippen molar-refractivity contribution in [2.24, 2.45) is 7.05 Å². The smallest absolute Gasteiger partial charge is 0.235 e. The van der Waals surface area contributed by atoms with E-state index in [9.17, 15) is 4.79 Å². The lowest BCUT2D eigenvalue weighted by atomic mass is 9.92. The van der Waals surface area contributed by atoms with Gasteiger partial charge >= 0.3 is 0 Å². The number of para-hydroxylation sites is 1. The van der Waals surface area contributed by atoms with Gasteiger partial charge in [0.15, 0.2) is 5.16 Å². The van der Waals surface area contributed by atoms with E-state index in [0.29, 0.717) is 5.82 Å². The van der Waals surface area contributed by atoms with Crippen LogP contribution in [-0.2, 0) is 17.3 Å². The van der Waals surface area contributed by atoms with Crippen molar-refractivity contribution in [1.82, 2.24) is 19.3 Å². The molecule has 1 N–H and O–H groups in total. The van der Waals surface area contributed by atoms with E-state index in [4.69, 9.17) is 0 Å². The summed E-state index contributed by atoms with van der Waals surface area (Å²) in [6, 6.07) is 10.0. The Balaban J connectivity index is 1.67. The van der Waals surface area contributed by atoms with E-state index in [2.05, 4.69) is 49.2 Å². The van der Waals surface area contributed by atoms with Gasteiger partial charge in [0.25, 0.3) is 0 Å². The Hall–Kier alpha value is -2.54. The van der Waals surface area contributed by atoms with Crippen LogP contribution in [0.1, 0.15) is 32.0 Å². The number of nitrogens with one attached hydrogen (secondary N) is 1. The molecule has 2 aromatic heterocycles. The second-order valence-corrected chi connectivity index (χ2v) is 8.43. The minimum Gasteiger partial charge on any atom is -0.310 e. The third-order valence-corrected chi connectivity index (χ3v) is 5.20. The quantitative estimate of drug-likeness (QED) is 0.678. The Morgan fingerprint density at radius 3 is 2.67 bits per heavy atom. The summed E-state index contributed by atoms with van der Waals surface area (Å²) in [7, 11) is 1.84. The molecule has 142 valence electrons. The maximum Gasteiger partial charge on any atom is 0.235 e. The van der Waals surface area contributed by atoms with Crippen LogP contribution in [0.3, 0.4) is 0 Å². The zero-order valence-corrected chi connectivity index (χ0v) is 17.2. The molecule has 0 unspecified atom stereocenters. The minimum atomic E-state index is -0.0807. The molecule has 3 aromatic rings. The van der Waals surface area contributed by atoms with Gasteiger partial charge < -0.3 is 5.32 Å². The number of nitrogens with zero attached hydrogens (tertiary/aromatic N) is 4. The lowest BCUT2D eigenvalue weighted by Crippen LogP contribution is -2.16. The second-order valence-electron chi connectivity index (χ2n) is 7.49. The van der Waals surface area contributed by atoms with E-state index in [1.165, 1.54) is 11.8 Å². The topological polar surface area (TPSA) is 64.7 Å². The summed E-state index contributed by atoms with van der Waals surface area (Å²) >= 11 is 1.41. The van der Waals surface area contributed by atoms with E-state index in [0.717, 1.165) is 22.1 Å². The Morgan fingerprint density at radius 2 is 2.00 bits per heavy atom. The highest BCUT2D eigenvalue weighted by molar-refractivity contribution is 7.99. The van der Waals surface area contributed by atoms with Gasteiger partial charge in [0.2, 0.25) is 5.91 Å². The summed E-state index contributed by atoms with van der Waals surface area (Å²) in [5.41, 5.74) is 3.11. The number of benzene rings is 1. The third-order valence-electron chi connectivity index (χ3n) is 4.23. The van der Waals surface area contributed by atoms with Crippen LogP contribution in [0.2, 0.25) is 0 Å². The molecule has 27 heavy (non-hydrogen) atoms. The number of carbonyl (C=O) groups excluding carboxylic acids is 1. The fraction of sp³-hybridized carbons (Fsp3) is 0.350. The maximum absolute atomic E-state index is 12.4. The molecule has 3 rings (SSSR count). The minimum absolute atomic E-state index is 0.0617. The SMILES string of the molecule is Cc1ccccc1-n1ccnc1SCC(=O)Nc1cc(C(C)(C)C)nn1C. The van der Waals surface area contributed by atoms with Crippen LogP contribution in [-0.4, -0.2) is 31.0 Å². The molecule has 0 saturated carbocycles. The van der Waals surface area contributed by atoms with Crippen LogP contribution >= 0.6 is 11.8 Å². The van der Waals surface area contributed by atoms with Crippen molar-refractivity contribution in [2.75, 3.05) is 11.1 Å². The van der Waals surface area contributed by atoms with Crippen LogP contribution in [0.15, 0.2) is 47.9 Å². The summed E-state index contributed by atoms with van der Waals surface area (Å²) in [6.07, 6.45) is 3.67. The molecular weight excluding hydrogens is 358 g/mol. The number of thioether (sulfide) groups is 1. The molecule has 0 fully saturated rings. The van der Waals surface area contributed by atoms with Crippen molar-refractivity contribution in [2.45, 2.75) is 38.3 Å². The molecule has 0 aliphatic carbocycles. The number of aryl methyl sites for hydroxylation is 2. The normalized spacial score (nSPS) is 11.6. The maximum atomic E-state index is 12.4. The van der Waals surface area contributed by atoms with Crippen molar-refractivity contribution in [3.8, 4) is 5.69 Å². The number of carbonyl (C=O) groups is 1. The van der Waals surface area contributed by atoms with Crippen LogP contribution < -0.4 is 5.32 Å². The summed E-state index contributed by atoms with van der Waals surface area (Å²) in [6.45, 7) is 8.36. The number of aromatic nitrogens is 4. The van der Waals surface area contributed by atoms with Gasteiger partial charge in [-0.25, -0.2) is 4.98 Å². The number of amides is 1. The van der Waals surface area contributed by atoms with E-state index in [1.807, 2.05) is 42.1 Å². The number of rotatable bonds is 5. The van der Waals surface area contributed by atoms with Crippen molar-refractivity contribution >= 4 is 23.5 Å². The molecule has 0 aliphatic rings. The molecule has 2 heterocycles. The predicted octanol–water partition coefficient (Wildman–Crippen LogP) is 3.94. The van der Waals surface area contributed by atoms with Crippen LogP contribution in [0, 0.1) is 6.92 Å². The fourth-order valence-electron chi connectivity index (χ4n) is 2.67. The van der Waals surface area contributed by atoms with Crippen LogP contribution in [0.5, 0.6) is 0 Å². The molecule has 0 aliphatic heterocycles. The van der Waals surface area contributed by atoms with E-state index in [-0.39, 0.29) is 17.1 Å². The first-order valence-electron chi connectivity index (χ1n) is 8.82. The lowest BCUT2D eigenvalue weighted by molar-refractivity contribution is -0.113. The lowest BCUT2D eigenvalue weighted by Gasteiger charge is -2.13. The van der Waals surface area contributed by atoms with Gasteiger partial charge in [0.1, 0.15) is 5.82 Å². The standard InChI is InChI=1S/C20H25N5OS/c1-14-8-6-7-9-15(14)25-11-10-21-19(25)27-13-18(26)22-17-12-16(20(2,3)4)23-24(17)5/h6-12H,13H2,1-5H3,(H,22,26). The number of hydrogen-bond donors (Lipinski definition) is 1. The number of imidazole rings is 1. The van der Waals surface area contributed by atoms with Crippen molar-refractivity contribution in [3.05, 3.63) is 54.0 Å². The van der Waals surface area contributed by atoms with Crippen molar-refractivity contribution < 1.29 is 4.79 Å². The van der Waals surface area contributed by atoms with Gasteiger partial charge in [-0.15, -0.1) is 0 Å². The number of hydrogen-bond acceptors (Lipinski definition) is 4. The third kappa shape index (κ3) is 4.42. The highest BCUT2D eigenvalue weighted by Crippen LogP contribution is 2.25. The molecule has 0 spiro atoms. The Bertz CT molecular complexity index is 951. The van der Waals surface area contributed by atoms with Crippen LogP contribution in [0.25, 0.3) is 5.69 Å². The van der Waals surface area contributed by atoms with E-state index < -0.39 is 0 Å². The molecule has 0 atom stereocenters. The summed E-state index contributed by atoms with van der Waals surface area (Å²) < 4.78 is 3.71. The second kappa shape index (κ2) is 7.60. The van der Waals surface area contributed by atoms with Gasteiger partial charge in [-0.1, -0.05) is 50.7 Å². The van der Waals surface area contributed by atoms with E-state index >= 15 is 0 Å². The Morgan fingerprint density at radius 1 is 1.26 bits per heavy atom. The number of anilines is 1. The molecule has 0 bridgehead atoms. The molecular formula is C20H25N5OS. The predicted molar refractivity (Wildman–Crippen MR) is 110 cm³/mol. The monoisotopic (exact) mass is 383 g/mol. The Labute approximate surface area is 164 Å². The average molecular weight is 384 g/mol. The molecule has 1 amide bonds. The molecule has 0 radical (unpaired) electrons.